The van der Waals surface area contributed by atoms with Gasteiger partial charge >= 0.3 is 0 Å². The molecule has 0 saturated carbocycles. The third-order valence-corrected chi connectivity index (χ3v) is 3.05. The zero-order valence-electron chi connectivity index (χ0n) is 7.48. The molecule has 4 heteroatoms. The van der Waals surface area contributed by atoms with Crippen molar-refractivity contribution in [1.29, 1.82) is 0 Å². The van der Waals surface area contributed by atoms with Crippen LogP contribution in [0, 0.1) is 0 Å². The fraction of sp³-hybridized carbons (Fsp3) is 0.100. The fourth-order valence-electron chi connectivity index (χ4n) is 1.37. The molecule has 2 rings (SSSR count). The summed E-state index contributed by atoms with van der Waals surface area (Å²) >= 11 is 1.39. The molecule has 1 aromatic heterocycles. The Bertz CT molecular complexity index is 487. The number of fused-ring (bicyclic) bond motifs is 1. The van der Waals surface area contributed by atoms with Crippen molar-refractivity contribution in [2.45, 2.75) is 0 Å². The predicted molar refractivity (Wildman–Crippen MR) is 55.4 cm³/mol. The second-order valence-electron chi connectivity index (χ2n) is 2.80. The van der Waals surface area contributed by atoms with Gasteiger partial charge in [0, 0.05) is 16.3 Å². The number of aldehydes is 1. The van der Waals surface area contributed by atoms with Crippen molar-refractivity contribution in [3.8, 4) is 11.5 Å². The lowest BCUT2D eigenvalue weighted by Crippen LogP contribution is -1.84. The lowest BCUT2D eigenvalue weighted by atomic mass is 10.2. The molecule has 2 aromatic rings. The third-order valence-electron chi connectivity index (χ3n) is 2.04. The van der Waals surface area contributed by atoms with E-state index < -0.39 is 0 Å². The Morgan fingerprint density at radius 2 is 2.29 bits per heavy atom. The van der Waals surface area contributed by atoms with Crippen molar-refractivity contribution in [3.63, 3.8) is 0 Å². The van der Waals surface area contributed by atoms with Gasteiger partial charge in [-0.1, -0.05) is 0 Å². The van der Waals surface area contributed by atoms with E-state index in [9.17, 15) is 9.90 Å². The second-order valence-corrected chi connectivity index (χ2v) is 3.68. The molecule has 0 amide bonds. The molecule has 0 aliphatic heterocycles. The van der Waals surface area contributed by atoms with E-state index in [2.05, 4.69) is 0 Å². The maximum absolute atomic E-state index is 10.7. The molecular formula is C10H8O3S. The number of thiophene rings is 1. The first kappa shape index (κ1) is 9.02. The number of rotatable bonds is 2. The van der Waals surface area contributed by atoms with Crippen LogP contribution in [0.25, 0.3) is 10.1 Å². The Labute approximate surface area is 84.6 Å². The molecule has 0 atom stereocenters. The van der Waals surface area contributed by atoms with Crippen LogP contribution < -0.4 is 4.74 Å². The minimum atomic E-state index is 0.0966. The van der Waals surface area contributed by atoms with Gasteiger partial charge in [-0.3, -0.25) is 4.79 Å². The summed E-state index contributed by atoms with van der Waals surface area (Å²) in [4.78, 5) is 10.7. The van der Waals surface area contributed by atoms with Crippen molar-refractivity contribution in [2.24, 2.45) is 0 Å². The number of hydrogen-bond acceptors (Lipinski definition) is 4. The first-order valence-corrected chi connectivity index (χ1v) is 4.88. The van der Waals surface area contributed by atoms with Gasteiger partial charge in [0.1, 0.15) is 0 Å². The number of methoxy groups -OCH3 is 1. The van der Waals surface area contributed by atoms with Crippen LogP contribution in [-0.4, -0.2) is 18.5 Å². The summed E-state index contributed by atoms with van der Waals surface area (Å²) in [5.41, 5.74) is 0.628. The molecule has 72 valence electrons. The number of aromatic hydroxyl groups is 1. The lowest BCUT2D eigenvalue weighted by molar-refractivity contribution is 0.112. The largest absolute Gasteiger partial charge is 0.504 e. The topological polar surface area (TPSA) is 46.5 Å². The minimum absolute atomic E-state index is 0.0966. The normalized spacial score (nSPS) is 10.4. The quantitative estimate of drug-likeness (QED) is 0.771. The highest BCUT2D eigenvalue weighted by Gasteiger charge is 2.11. The Morgan fingerprint density at radius 3 is 2.93 bits per heavy atom. The minimum Gasteiger partial charge on any atom is -0.504 e. The van der Waals surface area contributed by atoms with E-state index in [0.29, 0.717) is 11.3 Å². The van der Waals surface area contributed by atoms with Crippen molar-refractivity contribution >= 4 is 27.7 Å². The first-order valence-electron chi connectivity index (χ1n) is 4.00. The summed E-state index contributed by atoms with van der Waals surface area (Å²) in [6.45, 7) is 0. The summed E-state index contributed by atoms with van der Waals surface area (Å²) < 4.78 is 5.86. The van der Waals surface area contributed by atoms with E-state index in [0.717, 1.165) is 16.4 Å². The molecule has 14 heavy (non-hydrogen) atoms. The maximum atomic E-state index is 10.7. The molecule has 0 aliphatic rings. The Kier molecular flexibility index (Phi) is 2.13. The molecule has 1 N–H and O–H groups in total. The molecule has 1 heterocycles. The van der Waals surface area contributed by atoms with Gasteiger partial charge in [-0.25, -0.2) is 0 Å². The third kappa shape index (κ3) is 1.15. The molecule has 0 spiro atoms. The summed E-state index contributed by atoms with van der Waals surface area (Å²) in [6.07, 6.45) is 0.801. The van der Waals surface area contributed by atoms with Crippen LogP contribution in [0.4, 0.5) is 0 Å². The first-order chi connectivity index (χ1) is 6.77. The van der Waals surface area contributed by atoms with Gasteiger partial charge < -0.3 is 9.84 Å². The van der Waals surface area contributed by atoms with Crippen LogP contribution in [-0.2, 0) is 0 Å². The van der Waals surface area contributed by atoms with Crippen molar-refractivity contribution in [2.75, 3.05) is 7.11 Å². The van der Waals surface area contributed by atoms with Gasteiger partial charge in [-0.15, -0.1) is 11.3 Å². The summed E-state index contributed by atoms with van der Waals surface area (Å²) in [5.74, 6) is 0.528. The zero-order valence-corrected chi connectivity index (χ0v) is 8.30. The maximum Gasteiger partial charge on any atom is 0.178 e. The fourth-order valence-corrected chi connectivity index (χ4v) is 2.41. The van der Waals surface area contributed by atoms with Crippen molar-refractivity contribution < 1.29 is 14.6 Å². The Morgan fingerprint density at radius 1 is 1.50 bits per heavy atom. The molecule has 0 saturated heterocycles. The van der Waals surface area contributed by atoms with Crippen molar-refractivity contribution in [1.82, 2.24) is 0 Å². The van der Waals surface area contributed by atoms with Crippen LogP contribution in [0.1, 0.15) is 10.4 Å². The van der Waals surface area contributed by atoms with Crippen LogP contribution in [0.15, 0.2) is 17.5 Å². The van der Waals surface area contributed by atoms with Gasteiger partial charge in [0.25, 0.3) is 0 Å². The molecular weight excluding hydrogens is 200 g/mol. The summed E-state index contributed by atoms with van der Waals surface area (Å²) in [6, 6.07) is 3.24. The number of phenols is 1. The van der Waals surface area contributed by atoms with Gasteiger partial charge in [0.05, 0.1) is 11.8 Å². The van der Waals surface area contributed by atoms with Crippen molar-refractivity contribution in [3.05, 3.63) is 23.1 Å². The summed E-state index contributed by atoms with van der Waals surface area (Å²) in [5, 5.41) is 12.1. The number of hydrogen-bond donors (Lipinski definition) is 1. The molecule has 0 unspecified atom stereocenters. The predicted octanol–water partition coefficient (Wildman–Crippen LogP) is 2.43. The molecule has 0 fully saturated rings. The Hall–Kier alpha value is -1.55. The standard InChI is InChI=1S/C10H8O3S/c1-13-9-8(12)3-2-7-6(4-11)5-14-10(7)9/h2-5,12H,1H3. The average molecular weight is 208 g/mol. The number of carbonyl (C=O) groups excluding carboxylic acids is 1. The van der Waals surface area contributed by atoms with E-state index in [1.54, 1.807) is 11.4 Å². The summed E-state index contributed by atoms with van der Waals surface area (Å²) in [7, 11) is 1.49. The van der Waals surface area contributed by atoms with Gasteiger partial charge in [-0.05, 0) is 12.1 Å². The van der Waals surface area contributed by atoms with Crippen LogP contribution in [0.2, 0.25) is 0 Å². The van der Waals surface area contributed by atoms with Gasteiger partial charge in [0.2, 0.25) is 0 Å². The van der Waals surface area contributed by atoms with Crippen LogP contribution >= 0.6 is 11.3 Å². The lowest BCUT2D eigenvalue weighted by Gasteiger charge is -2.03. The Balaban J connectivity index is 2.83. The average Bonchev–Trinajstić information content (AvgIpc) is 2.60. The molecule has 1 aromatic carbocycles. The zero-order chi connectivity index (χ0) is 10.1. The highest BCUT2D eigenvalue weighted by Crippen LogP contribution is 2.39. The number of ether oxygens (including phenoxy) is 1. The number of phenolic OH excluding ortho intramolecular Hbond substituents is 1. The smallest absolute Gasteiger partial charge is 0.178 e. The second kappa shape index (κ2) is 3.31. The van der Waals surface area contributed by atoms with Gasteiger partial charge in [0.15, 0.2) is 17.8 Å². The van der Waals surface area contributed by atoms with E-state index in [-0.39, 0.29) is 5.75 Å². The van der Waals surface area contributed by atoms with Gasteiger partial charge in [-0.2, -0.15) is 0 Å². The molecule has 0 aliphatic carbocycles. The van der Waals surface area contributed by atoms with E-state index in [1.165, 1.54) is 24.5 Å². The monoisotopic (exact) mass is 208 g/mol. The van der Waals surface area contributed by atoms with E-state index >= 15 is 0 Å². The number of carbonyl (C=O) groups is 1. The highest BCUT2D eigenvalue weighted by molar-refractivity contribution is 7.18. The van der Waals surface area contributed by atoms with Crippen LogP contribution in [0.3, 0.4) is 0 Å². The van der Waals surface area contributed by atoms with E-state index in [1.807, 2.05) is 0 Å². The molecule has 0 bridgehead atoms. The molecule has 3 nitrogen and oxygen atoms in total. The number of benzene rings is 1. The van der Waals surface area contributed by atoms with Crippen LogP contribution in [0.5, 0.6) is 11.5 Å². The molecule has 0 radical (unpaired) electrons. The SMILES string of the molecule is COc1c(O)ccc2c(C=O)csc12. The highest BCUT2D eigenvalue weighted by atomic mass is 32.1. The van der Waals surface area contributed by atoms with E-state index in [4.69, 9.17) is 4.74 Å².